The third-order valence-electron chi connectivity index (χ3n) is 7.09. The topological polar surface area (TPSA) is 69.7 Å². The fraction of sp³-hybridized carbons (Fsp3) is 0.194. The molecule has 1 N–H and O–H groups in total. The Labute approximate surface area is 237 Å². The van der Waals surface area contributed by atoms with Gasteiger partial charge in [-0.15, -0.1) is 0 Å². The Balaban J connectivity index is 1.43. The average molecular weight is 580 g/mol. The normalized spacial score (nSPS) is 15.0. The first-order valence-electron chi connectivity index (χ1n) is 12.9. The summed E-state index contributed by atoms with van der Waals surface area (Å²) in [6.45, 7) is 0.222. The predicted molar refractivity (Wildman–Crippen MR) is 153 cm³/mol. The van der Waals surface area contributed by atoms with Crippen molar-refractivity contribution in [3.63, 3.8) is 0 Å². The minimum absolute atomic E-state index is 0.0688. The van der Waals surface area contributed by atoms with Crippen LogP contribution in [-0.2, 0) is 34.0 Å². The Kier molecular flexibility index (Phi) is 7.52. The smallest absolute Gasteiger partial charge is 0.377 e. The van der Waals surface area contributed by atoms with E-state index in [1.807, 2.05) is 43.3 Å². The highest BCUT2D eigenvalue weighted by Gasteiger charge is 2.42. The van der Waals surface area contributed by atoms with E-state index in [-0.39, 0.29) is 17.9 Å². The number of hydrogen-bond donors (Lipinski definition) is 1. The van der Waals surface area contributed by atoms with E-state index in [4.69, 9.17) is 0 Å². The predicted octanol–water partition coefficient (Wildman–Crippen LogP) is 5.87. The Hall–Kier alpha value is -4.31. The summed E-state index contributed by atoms with van der Waals surface area (Å²) in [7, 11) is -0.390. The maximum Gasteiger partial charge on any atom is 0.416 e. The summed E-state index contributed by atoms with van der Waals surface area (Å²) >= 11 is 0. The zero-order valence-electron chi connectivity index (χ0n) is 22.4. The monoisotopic (exact) mass is 579 g/mol. The average Bonchev–Trinajstić information content (AvgIpc) is 3.36. The number of carbonyl (C=O) groups excluding carboxylic acids is 1. The molecule has 0 spiro atoms. The highest BCUT2D eigenvalue weighted by Crippen LogP contribution is 2.38. The molecule has 1 heterocycles. The van der Waals surface area contributed by atoms with Crippen LogP contribution in [-0.4, -0.2) is 34.5 Å². The number of benzene rings is 4. The van der Waals surface area contributed by atoms with Crippen molar-refractivity contribution in [2.45, 2.75) is 30.1 Å². The van der Waals surface area contributed by atoms with Crippen LogP contribution in [0.4, 0.5) is 24.5 Å². The van der Waals surface area contributed by atoms with Crippen molar-refractivity contribution in [3.8, 4) is 11.1 Å². The van der Waals surface area contributed by atoms with E-state index in [0.717, 1.165) is 33.3 Å². The second-order valence-electron chi connectivity index (χ2n) is 9.99. The largest absolute Gasteiger partial charge is 0.416 e. The van der Waals surface area contributed by atoms with E-state index in [1.54, 1.807) is 24.3 Å². The minimum atomic E-state index is -4.49. The van der Waals surface area contributed by atoms with Gasteiger partial charge in [-0.3, -0.25) is 9.10 Å². The summed E-state index contributed by atoms with van der Waals surface area (Å²) in [6, 6.07) is 24.1. The van der Waals surface area contributed by atoms with Crippen LogP contribution in [0.3, 0.4) is 0 Å². The quantitative estimate of drug-likeness (QED) is 0.297. The number of halogens is 3. The molecule has 4 aromatic rings. The molecule has 4 aromatic carbocycles. The lowest BCUT2D eigenvalue weighted by Gasteiger charge is -2.27. The van der Waals surface area contributed by atoms with Gasteiger partial charge in [-0.05, 0) is 58.7 Å². The van der Waals surface area contributed by atoms with Crippen molar-refractivity contribution in [1.82, 2.24) is 5.32 Å². The second kappa shape index (κ2) is 10.9. The van der Waals surface area contributed by atoms with Gasteiger partial charge in [0.05, 0.1) is 16.1 Å². The van der Waals surface area contributed by atoms with Crippen LogP contribution < -0.4 is 14.5 Å². The van der Waals surface area contributed by atoms with Gasteiger partial charge in [0.2, 0.25) is 5.91 Å². The number of alkyl halides is 3. The van der Waals surface area contributed by atoms with Gasteiger partial charge in [0, 0.05) is 32.7 Å². The van der Waals surface area contributed by atoms with Gasteiger partial charge in [-0.1, -0.05) is 60.7 Å². The molecule has 1 aliphatic rings. The van der Waals surface area contributed by atoms with Gasteiger partial charge in [0.1, 0.15) is 6.04 Å². The lowest BCUT2D eigenvalue weighted by molar-refractivity contribution is -0.137. The third-order valence-corrected chi connectivity index (χ3v) is 8.93. The molecule has 1 aliphatic heterocycles. The number of fused-ring (bicyclic) bond motifs is 1. The molecule has 0 fully saturated rings. The number of amides is 1. The molecule has 0 radical (unpaired) electrons. The van der Waals surface area contributed by atoms with Crippen LogP contribution in [0, 0.1) is 0 Å². The van der Waals surface area contributed by atoms with E-state index < -0.39 is 33.7 Å². The van der Waals surface area contributed by atoms with Crippen LogP contribution in [0.1, 0.15) is 16.7 Å². The van der Waals surface area contributed by atoms with Gasteiger partial charge in [0.15, 0.2) is 0 Å². The lowest BCUT2D eigenvalue weighted by atomic mass is 10.0. The van der Waals surface area contributed by atoms with Gasteiger partial charge in [0.25, 0.3) is 10.0 Å². The van der Waals surface area contributed by atoms with Crippen molar-refractivity contribution in [3.05, 3.63) is 114 Å². The molecule has 0 aliphatic carbocycles. The third kappa shape index (κ3) is 5.65. The fourth-order valence-electron chi connectivity index (χ4n) is 5.06. The number of nitrogens with zero attached hydrogens (tertiary/aromatic N) is 2. The number of hydrogen-bond acceptors (Lipinski definition) is 4. The standard InChI is InChI=1S/C31H28F3N3O3S/c1-36(2)27-12-5-4-9-24(27)20-35-30(38)29-19-23-8-3-6-13-28(23)37(29)41(39,40)26-16-14-21(15-17-26)22-10-7-11-25(18-22)31(32,33)34/h3-18,29H,19-20H2,1-2H3,(H,35,38)/t29-/m0/s1. The Morgan fingerprint density at radius 2 is 1.59 bits per heavy atom. The Morgan fingerprint density at radius 3 is 2.29 bits per heavy atom. The zero-order valence-corrected chi connectivity index (χ0v) is 23.2. The SMILES string of the molecule is CN(C)c1ccccc1CNC(=O)[C@@H]1Cc2ccccc2N1S(=O)(=O)c1ccc(-c2cccc(C(F)(F)F)c2)cc1. The van der Waals surface area contributed by atoms with Crippen molar-refractivity contribution < 1.29 is 26.4 Å². The molecule has 0 bridgehead atoms. The minimum Gasteiger partial charge on any atom is -0.377 e. The number of rotatable bonds is 7. The maximum absolute atomic E-state index is 14.0. The summed E-state index contributed by atoms with van der Waals surface area (Å²) < 4.78 is 68.6. The van der Waals surface area contributed by atoms with Crippen LogP contribution in [0.15, 0.2) is 102 Å². The van der Waals surface area contributed by atoms with Gasteiger partial charge < -0.3 is 10.2 Å². The molecule has 0 saturated heterocycles. The Morgan fingerprint density at radius 1 is 0.902 bits per heavy atom. The molecule has 5 rings (SSSR count). The molecule has 0 aromatic heterocycles. The fourth-order valence-corrected chi connectivity index (χ4v) is 6.71. The molecular weight excluding hydrogens is 551 g/mol. The van der Waals surface area contributed by atoms with Crippen LogP contribution >= 0.6 is 0 Å². The van der Waals surface area contributed by atoms with Crippen molar-refractivity contribution in [1.29, 1.82) is 0 Å². The number of anilines is 2. The van der Waals surface area contributed by atoms with E-state index in [0.29, 0.717) is 16.8 Å². The molecule has 10 heteroatoms. The lowest BCUT2D eigenvalue weighted by Crippen LogP contribution is -2.47. The highest BCUT2D eigenvalue weighted by atomic mass is 32.2. The molecule has 0 saturated carbocycles. The summed E-state index contributed by atoms with van der Waals surface area (Å²) in [5.41, 5.74) is 2.93. The summed E-state index contributed by atoms with van der Waals surface area (Å²) in [6.07, 6.45) is -4.29. The first-order chi connectivity index (χ1) is 19.5. The van der Waals surface area contributed by atoms with Crippen LogP contribution in [0.25, 0.3) is 11.1 Å². The molecule has 0 unspecified atom stereocenters. The summed E-state index contributed by atoms with van der Waals surface area (Å²) in [4.78, 5) is 15.4. The van der Waals surface area contributed by atoms with Crippen molar-refractivity contribution >= 4 is 27.3 Å². The van der Waals surface area contributed by atoms with Gasteiger partial charge in [-0.25, -0.2) is 8.42 Å². The number of sulfonamides is 1. The molecular formula is C31H28F3N3O3S. The first kappa shape index (κ1) is 28.2. The van der Waals surface area contributed by atoms with Crippen LogP contribution in [0.5, 0.6) is 0 Å². The molecule has 212 valence electrons. The second-order valence-corrected chi connectivity index (χ2v) is 11.8. The molecule has 1 amide bonds. The van der Waals surface area contributed by atoms with E-state index in [1.165, 1.54) is 36.4 Å². The highest BCUT2D eigenvalue weighted by molar-refractivity contribution is 7.93. The Bertz CT molecular complexity index is 1690. The van der Waals surface area contributed by atoms with Gasteiger partial charge >= 0.3 is 6.18 Å². The molecule has 1 atom stereocenters. The first-order valence-corrected chi connectivity index (χ1v) is 14.3. The number of carbonyl (C=O) groups is 1. The van der Waals surface area contributed by atoms with Crippen molar-refractivity contribution in [2.75, 3.05) is 23.3 Å². The van der Waals surface area contributed by atoms with E-state index >= 15 is 0 Å². The molecule has 41 heavy (non-hydrogen) atoms. The number of nitrogens with one attached hydrogen (secondary N) is 1. The number of para-hydroxylation sites is 2. The van der Waals surface area contributed by atoms with Crippen LogP contribution in [0.2, 0.25) is 0 Å². The van der Waals surface area contributed by atoms with Gasteiger partial charge in [-0.2, -0.15) is 13.2 Å². The zero-order chi connectivity index (χ0) is 29.4. The van der Waals surface area contributed by atoms with E-state index in [9.17, 15) is 26.4 Å². The summed E-state index contributed by atoms with van der Waals surface area (Å²) in [5, 5.41) is 2.91. The van der Waals surface area contributed by atoms with E-state index in [2.05, 4.69) is 5.32 Å². The molecule has 6 nitrogen and oxygen atoms in total. The van der Waals surface area contributed by atoms with Crippen molar-refractivity contribution in [2.24, 2.45) is 0 Å². The maximum atomic E-state index is 14.0. The summed E-state index contributed by atoms with van der Waals surface area (Å²) in [5.74, 6) is -0.432.